The number of rotatable bonds is 2. The molecule has 1 aromatic rings. The van der Waals surface area contributed by atoms with Crippen molar-refractivity contribution in [2.24, 2.45) is 0 Å². The molecule has 4 nitrogen and oxygen atoms in total. The van der Waals surface area contributed by atoms with Gasteiger partial charge in [0.15, 0.2) is 0 Å². The molecule has 0 aromatic heterocycles. The van der Waals surface area contributed by atoms with Crippen LogP contribution in [0.1, 0.15) is 0 Å². The van der Waals surface area contributed by atoms with E-state index >= 15 is 0 Å². The lowest BCUT2D eigenvalue weighted by atomic mass is 9.74. The Hall–Kier alpha value is -0.950. The second-order valence-corrected chi connectivity index (χ2v) is 4.90. The van der Waals surface area contributed by atoms with E-state index in [2.05, 4.69) is 25.3 Å². The summed E-state index contributed by atoms with van der Waals surface area (Å²) in [5.41, 5.74) is 1.89. The zero-order valence-electron chi connectivity index (χ0n) is 10.6. The lowest BCUT2D eigenvalue weighted by Gasteiger charge is -2.07. The van der Waals surface area contributed by atoms with Crippen molar-refractivity contribution >= 4 is 50.4 Å². The third kappa shape index (κ3) is 2.88. The summed E-state index contributed by atoms with van der Waals surface area (Å²) in [6.07, 6.45) is 0. The van der Waals surface area contributed by atoms with Crippen LogP contribution in [0.25, 0.3) is 0 Å². The molecular formula is C12H12B2O4S2. The van der Waals surface area contributed by atoms with Gasteiger partial charge in [0.05, 0.1) is 13.2 Å². The van der Waals surface area contributed by atoms with Crippen molar-refractivity contribution in [1.29, 1.82) is 0 Å². The molecule has 0 amide bonds. The molecule has 0 atom stereocenters. The first-order valence-electron chi connectivity index (χ1n) is 6.13. The quantitative estimate of drug-likeness (QED) is 0.623. The lowest BCUT2D eigenvalue weighted by Crippen LogP contribution is -2.36. The zero-order chi connectivity index (χ0) is 13.9. The van der Waals surface area contributed by atoms with Gasteiger partial charge in [-0.2, -0.15) is 0 Å². The SMILES string of the molecule is SC=C1COB(c2ccc(B3OCC(=CS)O3)cc2)O1. The summed E-state index contributed by atoms with van der Waals surface area (Å²) >= 11 is 8.10. The van der Waals surface area contributed by atoms with Crippen LogP contribution in [0.4, 0.5) is 0 Å². The average molecular weight is 306 g/mol. The van der Waals surface area contributed by atoms with Gasteiger partial charge < -0.3 is 18.6 Å². The van der Waals surface area contributed by atoms with Crippen LogP contribution in [0.15, 0.2) is 46.6 Å². The fourth-order valence-electron chi connectivity index (χ4n) is 2.00. The van der Waals surface area contributed by atoms with Crippen molar-refractivity contribution in [2.75, 3.05) is 13.2 Å². The van der Waals surface area contributed by atoms with E-state index in [0.29, 0.717) is 13.2 Å². The summed E-state index contributed by atoms with van der Waals surface area (Å²) in [5.74, 6) is 1.46. The fraction of sp³-hybridized carbons (Fsp3) is 0.167. The topological polar surface area (TPSA) is 36.9 Å². The van der Waals surface area contributed by atoms with Gasteiger partial charge in [-0.25, -0.2) is 0 Å². The van der Waals surface area contributed by atoms with Crippen LogP contribution in [-0.4, -0.2) is 27.5 Å². The van der Waals surface area contributed by atoms with E-state index in [4.69, 9.17) is 18.6 Å². The maximum Gasteiger partial charge on any atom is 0.562 e. The Bertz CT molecular complexity index is 498. The summed E-state index contributed by atoms with van der Waals surface area (Å²) in [4.78, 5) is 0. The van der Waals surface area contributed by atoms with Gasteiger partial charge in [0.25, 0.3) is 0 Å². The Morgan fingerprint density at radius 2 is 1.20 bits per heavy atom. The van der Waals surface area contributed by atoms with Gasteiger partial charge in [-0.1, -0.05) is 24.3 Å². The van der Waals surface area contributed by atoms with Crippen LogP contribution in [0.5, 0.6) is 0 Å². The molecular weight excluding hydrogens is 294 g/mol. The minimum atomic E-state index is -0.374. The largest absolute Gasteiger partial charge is 0.562 e. The Labute approximate surface area is 129 Å². The third-order valence-corrected chi connectivity index (χ3v) is 3.62. The van der Waals surface area contributed by atoms with E-state index in [1.165, 1.54) is 0 Å². The van der Waals surface area contributed by atoms with E-state index in [-0.39, 0.29) is 14.2 Å². The molecule has 20 heavy (non-hydrogen) atoms. The summed E-state index contributed by atoms with van der Waals surface area (Å²) in [7, 11) is -0.749. The van der Waals surface area contributed by atoms with Gasteiger partial charge in [0.2, 0.25) is 0 Å². The first-order valence-corrected chi connectivity index (χ1v) is 7.16. The molecule has 0 unspecified atom stereocenters. The molecule has 0 spiro atoms. The Balaban J connectivity index is 1.69. The van der Waals surface area contributed by atoms with Crippen LogP contribution >= 0.6 is 25.3 Å². The molecule has 2 aliphatic rings. The highest BCUT2D eigenvalue weighted by Crippen LogP contribution is 2.14. The Morgan fingerprint density at radius 3 is 1.50 bits per heavy atom. The summed E-state index contributed by atoms with van der Waals surface area (Å²) in [6, 6.07) is 7.76. The Kier molecular flexibility index (Phi) is 4.35. The highest BCUT2D eigenvalue weighted by atomic mass is 32.1. The number of benzene rings is 1. The molecule has 8 heteroatoms. The molecule has 2 fully saturated rings. The molecule has 0 N–H and O–H groups in total. The van der Waals surface area contributed by atoms with E-state index in [1.807, 2.05) is 24.3 Å². The van der Waals surface area contributed by atoms with Crippen molar-refractivity contribution in [3.05, 3.63) is 46.6 Å². The van der Waals surface area contributed by atoms with Gasteiger partial charge in [0.1, 0.15) is 11.5 Å². The second kappa shape index (κ2) is 6.22. The predicted octanol–water partition coefficient (Wildman–Crippen LogP) is 0.713. The smallest absolute Gasteiger partial charge is 0.533 e. The minimum absolute atomic E-state index is 0.374. The van der Waals surface area contributed by atoms with Crippen LogP contribution in [0.3, 0.4) is 0 Å². The van der Waals surface area contributed by atoms with Crippen LogP contribution in [0, 0.1) is 0 Å². The van der Waals surface area contributed by atoms with Crippen LogP contribution in [0.2, 0.25) is 0 Å². The van der Waals surface area contributed by atoms with Gasteiger partial charge >= 0.3 is 14.2 Å². The van der Waals surface area contributed by atoms with Crippen LogP contribution < -0.4 is 10.9 Å². The van der Waals surface area contributed by atoms with Gasteiger partial charge in [0, 0.05) is 10.8 Å². The first kappa shape index (κ1) is 14.0. The van der Waals surface area contributed by atoms with E-state index in [1.54, 1.807) is 10.8 Å². The number of thiol groups is 2. The number of hydrogen-bond donors (Lipinski definition) is 2. The number of hydrogen-bond acceptors (Lipinski definition) is 6. The first-order chi connectivity index (χ1) is 9.80. The van der Waals surface area contributed by atoms with Crippen molar-refractivity contribution in [2.45, 2.75) is 0 Å². The molecule has 2 heterocycles. The van der Waals surface area contributed by atoms with Crippen molar-refractivity contribution < 1.29 is 18.6 Å². The molecule has 2 saturated heterocycles. The molecule has 0 saturated carbocycles. The highest BCUT2D eigenvalue weighted by Gasteiger charge is 2.33. The van der Waals surface area contributed by atoms with E-state index in [0.717, 1.165) is 22.4 Å². The molecule has 102 valence electrons. The lowest BCUT2D eigenvalue weighted by molar-refractivity contribution is 0.385. The van der Waals surface area contributed by atoms with Gasteiger partial charge in [-0.05, 0) is 10.9 Å². The minimum Gasteiger partial charge on any atom is -0.533 e. The molecule has 0 aliphatic carbocycles. The molecule has 3 rings (SSSR count). The van der Waals surface area contributed by atoms with Gasteiger partial charge in [-0.3, -0.25) is 0 Å². The predicted molar refractivity (Wildman–Crippen MR) is 85.4 cm³/mol. The molecule has 2 aliphatic heterocycles. The highest BCUT2D eigenvalue weighted by molar-refractivity contribution is 7.83. The van der Waals surface area contributed by atoms with Gasteiger partial charge in [-0.15, -0.1) is 25.3 Å². The molecule has 0 bridgehead atoms. The zero-order valence-corrected chi connectivity index (χ0v) is 12.3. The normalized spacial score (nSPS) is 22.5. The average Bonchev–Trinajstić information content (AvgIpc) is 3.16. The van der Waals surface area contributed by atoms with E-state index < -0.39 is 0 Å². The fourth-order valence-corrected chi connectivity index (χ4v) is 2.27. The Morgan fingerprint density at radius 1 is 0.800 bits per heavy atom. The standard InChI is InChI=1S/C12H12B2O4S2/c19-7-11-5-15-13(17-11)9-1-2-10(4-3-9)14-16-6-12(8-20)18-14/h1-4,7-8,19-20H,5-6H2. The van der Waals surface area contributed by atoms with Crippen molar-refractivity contribution in [3.8, 4) is 0 Å². The third-order valence-electron chi connectivity index (χ3n) is 3.04. The molecule has 0 radical (unpaired) electrons. The van der Waals surface area contributed by atoms with E-state index in [9.17, 15) is 0 Å². The summed E-state index contributed by atoms with van der Waals surface area (Å²) in [5, 5.41) is 3.22. The maximum atomic E-state index is 5.58. The summed E-state index contributed by atoms with van der Waals surface area (Å²) < 4.78 is 22.2. The van der Waals surface area contributed by atoms with Crippen molar-refractivity contribution in [1.82, 2.24) is 0 Å². The monoisotopic (exact) mass is 306 g/mol. The van der Waals surface area contributed by atoms with Crippen LogP contribution in [-0.2, 0) is 18.6 Å². The second-order valence-electron chi connectivity index (χ2n) is 4.38. The summed E-state index contributed by atoms with van der Waals surface area (Å²) in [6.45, 7) is 0.891. The molecule has 1 aromatic carbocycles. The maximum absolute atomic E-state index is 5.58. The van der Waals surface area contributed by atoms with Crippen molar-refractivity contribution in [3.63, 3.8) is 0 Å².